The van der Waals surface area contributed by atoms with Gasteiger partial charge in [-0.1, -0.05) is 36.4 Å². The van der Waals surface area contributed by atoms with E-state index in [0.29, 0.717) is 25.6 Å². The number of ether oxygens (including phenoxy) is 2. The maximum Gasteiger partial charge on any atom is 0.191 e. The Bertz CT molecular complexity index is 941. The molecule has 0 spiro atoms. The predicted molar refractivity (Wildman–Crippen MR) is 135 cm³/mol. The predicted octanol–water partition coefficient (Wildman–Crippen LogP) is 4.04. The molecule has 1 saturated heterocycles. The minimum absolute atomic E-state index is 0.485. The van der Waals surface area contributed by atoms with Crippen LogP contribution in [0, 0.1) is 12.8 Å². The zero-order valence-electron chi connectivity index (χ0n) is 19.8. The first-order valence-corrected chi connectivity index (χ1v) is 12.0. The number of anilines is 1. The molecule has 1 fully saturated rings. The Balaban J connectivity index is 1.35. The molecular weight excluding hydrogens is 412 g/mol. The van der Waals surface area contributed by atoms with Gasteiger partial charge in [0, 0.05) is 50.0 Å². The molecular formula is C27H36N4O2. The highest BCUT2D eigenvalue weighted by molar-refractivity contribution is 5.79. The van der Waals surface area contributed by atoms with E-state index in [1.54, 1.807) is 0 Å². The van der Waals surface area contributed by atoms with E-state index in [1.807, 2.05) is 0 Å². The third-order valence-electron chi connectivity index (χ3n) is 6.05. The standard InChI is InChI=1S/C27H36N4O2/c1-3-28-27(29-17-22-7-10-25(11-8-22)31-13-4-5-14-31)30-18-24-9-6-21(2)16-26(24)33-20-23-12-15-32-19-23/h4-11,16,23H,3,12-15,17-20H2,1-2H3,(H2,28,29,30). The number of nitrogens with one attached hydrogen (secondary N) is 2. The summed E-state index contributed by atoms with van der Waals surface area (Å²) in [6.07, 6.45) is 5.49. The summed E-state index contributed by atoms with van der Waals surface area (Å²) < 4.78 is 11.7. The molecule has 1 atom stereocenters. The van der Waals surface area contributed by atoms with E-state index < -0.39 is 0 Å². The molecule has 6 nitrogen and oxygen atoms in total. The minimum Gasteiger partial charge on any atom is -0.493 e. The van der Waals surface area contributed by atoms with Gasteiger partial charge in [0.25, 0.3) is 0 Å². The number of benzene rings is 2. The lowest BCUT2D eigenvalue weighted by Gasteiger charge is -2.18. The molecule has 0 aromatic heterocycles. The van der Waals surface area contributed by atoms with Crippen LogP contribution < -0.4 is 20.3 Å². The van der Waals surface area contributed by atoms with Gasteiger partial charge in [-0.25, -0.2) is 4.99 Å². The summed E-state index contributed by atoms with van der Waals surface area (Å²) in [5.74, 6) is 2.23. The summed E-state index contributed by atoms with van der Waals surface area (Å²) in [4.78, 5) is 7.14. The van der Waals surface area contributed by atoms with Crippen molar-refractivity contribution in [1.82, 2.24) is 10.6 Å². The zero-order chi connectivity index (χ0) is 22.9. The second-order valence-electron chi connectivity index (χ2n) is 8.74. The molecule has 2 aromatic carbocycles. The van der Waals surface area contributed by atoms with Crippen LogP contribution in [-0.4, -0.2) is 45.4 Å². The Labute approximate surface area is 197 Å². The molecule has 0 bridgehead atoms. The van der Waals surface area contributed by atoms with E-state index in [2.05, 4.69) is 84.0 Å². The van der Waals surface area contributed by atoms with Crippen LogP contribution in [0.5, 0.6) is 5.75 Å². The van der Waals surface area contributed by atoms with Crippen molar-refractivity contribution in [3.05, 3.63) is 71.3 Å². The maximum atomic E-state index is 6.19. The summed E-state index contributed by atoms with van der Waals surface area (Å²) in [5.41, 5.74) is 4.79. The van der Waals surface area contributed by atoms with Crippen LogP contribution in [-0.2, 0) is 17.8 Å². The molecule has 2 aromatic rings. The molecule has 6 heteroatoms. The summed E-state index contributed by atoms with van der Waals surface area (Å²) in [6.45, 7) is 10.6. The van der Waals surface area contributed by atoms with Crippen LogP contribution in [0.3, 0.4) is 0 Å². The summed E-state index contributed by atoms with van der Waals surface area (Å²) >= 11 is 0. The molecule has 176 valence electrons. The number of aliphatic imine (C=N–C) groups is 1. The second-order valence-corrected chi connectivity index (χ2v) is 8.74. The van der Waals surface area contributed by atoms with E-state index in [-0.39, 0.29) is 0 Å². The third kappa shape index (κ3) is 6.75. The zero-order valence-corrected chi connectivity index (χ0v) is 19.8. The average Bonchev–Trinajstić information content (AvgIpc) is 3.55. The van der Waals surface area contributed by atoms with Crippen LogP contribution in [0.15, 0.2) is 59.6 Å². The minimum atomic E-state index is 0.485. The number of rotatable bonds is 9. The molecule has 2 N–H and O–H groups in total. The monoisotopic (exact) mass is 448 g/mol. The highest BCUT2D eigenvalue weighted by atomic mass is 16.5. The number of hydrogen-bond acceptors (Lipinski definition) is 4. The summed E-state index contributed by atoms with van der Waals surface area (Å²) in [5, 5.41) is 6.82. The number of nitrogens with zero attached hydrogens (tertiary/aromatic N) is 2. The maximum absolute atomic E-state index is 6.19. The van der Waals surface area contributed by atoms with Gasteiger partial charge < -0.3 is 25.0 Å². The molecule has 2 heterocycles. The fourth-order valence-corrected chi connectivity index (χ4v) is 4.06. The Hall–Kier alpha value is -2.99. The lowest BCUT2D eigenvalue weighted by atomic mass is 10.1. The van der Waals surface area contributed by atoms with Crippen LogP contribution in [0.1, 0.15) is 30.0 Å². The SMILES string of the molecule is CCNC(=NCc1ccc(N2CC=CC2)cc1)NCc1ccc(C)cc1OCC1CCOC1. The average molecular weight is 449 g/mol. The smallest absolute Gasteiger partial charge is 0.191 e. The van der Waals surface area contributed by atoms with Crippen molar-refractivity contribution in [3.63, 3.8) is 0 Å². The third-order valence-corrected chi connectivity index (χ3v) is 6.05. The van der Waals surface area contributed by atoms with Gasteiger partial charge in [0.15, 0.2) is 5.96 Å². The van der Waals surface area contributed by atoms with Crippen LogP contribution >= 0.6 is 0 Å². The molecule has 2 aliphatic rings. The van der Waals surface area contributed by atoms with E-state index in [4.69, 9.17) is 14.5 Å². The van der Waals surface area contributed by atoms with Crippen molar-refractivity contribution in [1.29, 1.82) is 0 Å². The first kappa shape index (κ1) is 23.2. The molecule has 0 radical (unpaired) electrons. The Morgan fingerprint density at radius 3 is 2.67 bits per heavy atom. The van der Waals surface area contributed by atoms with Crippen LogP contribution in [0.4, 0.5) is 5.69 Å². The Morgan fingerprint density at radius 2 is 1.94 bits per heavy atom. The lowest BCUT2D eigenvalue weighted by Crippen LogP contribution is -2.36. The number of hydrogen-bond donors (Lipinski definition) is 2. The van der Waals surface area contributed by atoms with Crippen LogP contribution in [0.2, 0.25) is 0 Å². The van der Waals surface area contributed by atoms with Gasteiger partial charge in [-0.15, -0.1) is 0 Å². The Kier molecular flexibility index (Phi) is 8.25. The van der Waals surface area contributed by atoms with Crippen molar-refractivity contribution in [3.8, 4) is 5.75 Å². The van der Waals surface area contributed by atoms with Crippen molar-refractivity contribution in [2.45, 2.75) is 33.4 Å². The first-order valence-electron chi connectivity index (χ1n) is 12.0. The fraction of sp³-hybridized carbons (Fsp3) is 0.444. The lowest BCUT2D eigenvalue weighted by molar-refractivity contribution is 0.166. The topological polar surface area (TPSA) is 58.1 Å². The van der Waals surface area contributed by atoms with Gasteiger partial charge in [0.1, 0.15) is 5.75 Å². The second kappa shape index (κ2) is 11.8. The van der Waals surface area contributed by atoms with Gasteiger partial charge >= 0.3 is 0 Å². The largest absolute Gasteiger partial charge is 0.493 e. The van der Waals surface area contributed by atoms with E-state index >= 15 is 0 Å². The highest BCUT2D eigenvalue weighted by Gasteiger charge is 2.17. The molecule has 0 amide bonds. The van der Waals surface area contributed by atoms with Crippen molar-refractivity contribution >= 4 is 11.6 Å². The van der Waals surface area contributed by atoms with E-state index in [9.17, 15) is 0 Å². The number of guanidine groups is 1. The first-order chi connectivity index (χ1) is 16.2. The van der Waals surface area contributed by atoms with E-state index in [0.717, 1.165) is 56.5 Å². The van der Waals surface area contributed by atoms with Crippen molar-refractivity contribution in [2.24, 2.45) is 10.9 Å². The van der Waals surface area contributed by atoms with Gasteiger partial charge in [0.2, 0.25) is 0 Å². The van der Waals surface area contributed by atoms with Gasteiger partial charge in [-0.3, -0.25) is 0 Å². The van der Waals surface area contributed by atoms with E-state index in [1.165, 1.54) is 16.8 Å². The highest BCUT2D eigenvalue weighted by Crippen LogP contribution is 2.23. The molecule has 2 aliphatic heterocycles. The summed E-state index contributed by atoms with van der Waals surface area (Å²) in [6, 6.07) is 15.1. The normalized spacial score (nSPS) is 18.1. The summed E-state index contributed by atoms with van der Waals surface area (Å²) in [7, 11) is 0. The van der Waals surface area contributed by atoms with Crippen LogP contribution in [0.25, 0.3) is 0 Å². The fourth-order valence-electron chi connectivity index (χ4n) is 4.06. The van der Waals surface area contributed by atoms with Gasteiger partial charge in [-0.05, 0) is 49.6 Å². The van der Waals surface area contributed by atoms with Crippen molar-refractivity contribution in [2.75, 3.05) is 44.4 Å². The quantitative estimate of drug-likeness (QED) is 0.344. The molecule has 33 heavy (non-hydrogen) atoms. The molecule has 1 unspecified atom stereocenters. The van der Waals surface area contributed by atoms with Crippen molar-refractivity contribution < 1.29 is 9.47 Å². The number of aryl methyl sites for hydroxylation is 1. The molecule has 4 rings (SSSR count). The van der Waals surface area contributed by atoms with Gasteiger partial charge in [-0.2, -0.15) is 0 Å². The molecule has 0 saturated carbocycles. The Morgan fingerprint density at radius 1 is 1.12 bits per heavy atom. The molecule has 0 aliphatic carbocycles. The van der Waals surface area contributed by atoms with Gasteiger partial charge in [0.05, 0.1) is 19.8 Å².